The van der Waals surface area contributed by atoms with Crippen LogP contribution in [0.25, 0.3) is 0 Å². The molecule has 2 N–H and O–H groups in total. The van der Waals surface area contributed by atoms with Crippen LogP contribution in [-0.4, -0.2) is 43.0 Å². The molecule has 2 aromatic carbocycles. The number of rotatable bonds is 6. The van der Waals surface area contributed by atoms with E-state index in [1.54, 1.807) is 31.4 Å². The third kappa shape index (κ3) is 3.73. The van der Waals surface area contributed by atoms with Crippen molar-refractivity contribution in [2.24, 2.45) is 0 Å². The summed E-state index contributed by atoms with van der Waals surface area (Å²) in [7, 11) is 1.57. The molecule has 0 aliphatic carbocycles. The SMILES string of the molecule is COCCCN1C(=O)c2ccc(NC(=O)Nc3ccccc3)cc2C1=O. The number of carbonyl (C=O) groups is 3. The van der Waals surface area contributed by atoms with Gasteiger partial charge in [-0.05, 0) is 36.8 Å². The zero-order valence-electron chi connectivity index (χ0n) is 14.3. The van der Waals surface area contributed by atoms with E-state index in [1.807, 2.05) is 18.2 Å². The summed E-state index contributed by atoms with van der Waals surface area (Å²) in [5.41, 5.74) is 1.74. The number of para-hydroxylation sites is 1. The van der Waals surface area contributed by atoms with Crippen LogP contribution < -0.4 is 10.6 Å². The van der Waals surface area contributed by atoms with Crippen LogP contribution >= 0.6 is 0 Å². The zero-order valence-corrected chi connectivity index (χ0v) is 14.3. The molecule has 1 heterocycles. The van der Waals surface area contributed by atoms with Gasteiger partial charge in [0.05, 0.1) is 11.1 Å². The van der Waals surface area contributed by atoms with Gasteiger partial charge in [-0.25, -0.2) is 4.79 Å². The topological polar surface area (TPSA) is 87.7 Å². The van der Waals surface area contributed by atoms with Gasteiger partial charge in [0.25, 0.3) is 11.8 Å². The number of urea groups is 1. The molecule has 3 rings (SSSR count). The molecule has 1 aliphatic heterocycles. The summed E-state index contributed by atoms with van der Waals surface area (Å²) in [5, 5.41) is 5.37. The van der Waals surface area contributed by atoms with Crippen LogP contribution in [0.3, 0.4) is 0 Å². The Labute approximate surface area is 150 Å². The summed E-state index contributed by atoms with van der Waals surface area (Å²) in [4.78, 5) is 38.1. The maximum Gasteiger partial charge on any atom is 0.323 e. The molecule has 1 aliphatic rings. The Balaban J connectivity index is 1.69. The minimum atomic E-state index is -0.426. The second-order valence-corrected chi connectivity index (χ2v) is 5.81. The third-order valence-corrected chi connectivity index (χ3v) is 3.99. The molecule has 7 heteroatoms. The van der Waals surface area contributed by atoms with Crippen molar-refractivity contribution in [2.75, 3.05) is 30.9 Å². The summed E-state index contributed by atoms with van der Waals surface area (Å²) < 4.78 is 4.96. The van der Waals surface area contributed by atoms with Gasteiger partial charge in [-0.2, -0.15) is 0 Å². The largest absolute Gasteiger partial charge is 0.385 e. The van der Waals surface area contributed by atoms with Crippen molar-refractivity contribution in [1.82, 2.24) is 4.90 Å². The van der Waals surface area contributed by atoms with Crippen LogP contribution in [-0.2, 0) is 4.74 Å². The molecule has 7 nitrogen and oxygen atoms in total. The monoisotopic (exact) mass is 353 g/mol. The van der Waals surface area contributed by atoms with E-state index in [2.05, 4.69) is 10.6 Å². The van der Waals surface area contributed by atoms with Gasteiger partial charge in [0.1, 0.15) is 0 Å². The van der Waals surface area contributed by atoms with Crippen molar-refractivity contribution in [1.29, 1.82) is 0 Å². The van der Waals surface area contributed by atoms with E-state index in [9.17, 15) is 14.4 Å². The number of ether oxygens (including phenoxy) is 1. The van der Waals surface area contributed by atoms with Crippen molar-refractivity contribution in [3.63, 3.8) is 0 Å². The number of methoxy groups -OCH3 is 1. The highest BCUT2D eigenvalue weighted by atomic mass is 16.5. The fraction of sp³-hybridized carbons (Fsp3) is 0.211. The van der Waals surface area contributed by atoms with E-state index in [4.69, 9.17) is 4.74 Å². The first-order valence-electron chi connectivity index (χ1n) is 8.22. The number of fused-ring (bicyclic) bond motifs is 1. The molecule has 26 heavy (non-hydrogen) atoms. The van der Waals surface area contributed by atoms with E-state index in [0.717, 1.165) is 0 Å². The Kier molecular flexibility index (Phi) is 5.28. The number of amides is 4. The Morgan fingerprint density at radius 2 is 1.65 bits per heavy atom. The highest BCUT2D eigenvalue weighted by Gasteiger charge is 2.35. The van der Waals surface area contributed by atoms with E-state index in [-0.39, 0.29) is 11.8 Å². The van der Waals surface area contributed by atoms with Crippen LogP contribution in [0.4, 0.5) is 16.2 Å². The Bertz CT molecular complexity index is 836. The molecule has 2 aromatic rings. The molecule has 134 valence electrons. The average molecular weight is 353 g/mol. The molecule has 0 aromatic heterocycles. The van der Waals surface area contributed by atoms with E-state index < -0.39 is 6.03 Å². The van der Waals surface area contributed by atoms with Gasteiger partial charge in [-0.3, -0.25) is 14.5 Å². The molecule has 0 unspecified atom stereocenters. The summed E-state index contributed by atoms with van der Waals surface area (Å²) in [6.07, 6.45) is 0.576. The first-order valence-corrected chi connectivity index (χ1v) is 8.22. The van der Waals surface area contributed by atoms with Gasteiger partial charge in [-0.1, -0.05) is 18.2 Å². The quantitative estimate of drug-likeness (QED) is 0.617. The van der Waals surface area contributed by atoms with Crippen LogP contribution in [0.15, 0.2) is 48.5 Å². The lowest BCUT2D eigenvalue weighted by molar-refractivity contribution is 0.0638. The molecule has 4 amide bonds. The number of imide groups is 1. The Hall–Kier alpha value is -3.19. The van der Waals surface area contributed by atoms with Gasteiger partial charge in [0.15, 0.2) is 0 Å². The summed E-state index contributed by atoms with van der Waals surface area (Å²) in [6.45, 7) is 0.775. The fourth-order valence-electron chi connectivity index (χ4n) is 2.75. The predicted molar refractivity (Wildman–Crippen MR) is 97.4 cm³/mol. The zero-order chi connectivity index (χ0) is 18.5. The second kappa shape index (κ2) is 7.79. The lowest BCUT2D eigenvalue weighted by Gasteiger charge is -2.12. The maximum atomic E-state index is 12.5. The summed E-state index contributed by atoms with van der Waals surface area (Å²) in [6, 6.07) is 13.3. The minimum Gasteiger partial charge on any atom is -0.385 e. The molecule has 0 saturated carbocycles. The third-order valence-electron chi connectivity index (χ3n) is 3.99. The number of nitrogens with one attached hydrogen (secondary N) is 2. The van der Waals surface area contributed by atoms with Crippen molar-refractivity contribution in [2.45, 2.75) is 6.42 Å². The lowest BCUT2D eigenvalue weighted by Crippen LogP contribution is -2.31. The van der Waals surface area contributed by atoms with Crippen molar-refractivity contribution in [3.05, 3.63) is 59.7 Å². The first-order chi connectivity index (χ1) is 12.6. The summed E-state index contributed by atoms with van der Waals surface area (Å²) >= 11 is 0. The lowest BCUT2D eigenvalue weighted by atomic mass is 10.1. The molecule has 0 atom stereocenters. The number of hydrogen-bond acceptors (Lipinski definition) is 4. The molecule has 0 radical (unpaired) electrons. The molecule has 0 fully saturated rings. The Morgan fingerprint density at radius 3 is 2.38 bits per heavy atom. The molecule has 0 saturated heterocycles. The molecular weight excluding hydrogens is 334 g/mol. The van der Waals surface area contributed by atoms with E-state index >= 15 is 0 Å². The maximum absolute atomic E-state index is 12.5. The van der Waals surface area contributed by atoms with Gasteiger partial charge in [0.2, 0.25) is 0 Å². The van der Waals surface area contributed by atoms with Crippen molar-refractivity contribution in [3.8, 4) is 0 Å². The van der Waals surface area contributed by atoms with Gasteiger partial charge >= 0.3 is 6.03 Å². The standard InChI is InChI=1S/C19H19N3O4/c1-26-11-5-10-22-17(23)15-9-8-14(12-16(15)18(22)24)21-19(25)20-13-6-3-2-4-7-13/h2-4,6-9,12H,5,10-11H2,1H3,(H2,20,21,25). The van der Waals surface area contributed by atoms with Gasteiger partial charge in [0, 0.05) is 31.6 Å². The summed E-state index contributed by atoms with van der Waals surface area (Å²) in [5.74, 6) is -0.672. The molecule has 0 bridgehead atoms. The van der Waals surface area contributed by atoms with Crippen molar-refractivity contribution >= 4 is 29.2 Å². The van der Waals surface area contributed by atoms with Crippen LogP contribution in [0.5, 0.6) is 0 Å². The van der Waals surface area contributed by atoms with Crippen molar-refractivity contribution < 1.29 is 19.1 Å². The van der Waals surface area contributed by atoms with Crippen LogP contribution in [0.2, 0.25) is 0 Å². The fourth-order valence-corrected chi connectivity index (χ4v) is 2.75. The van der Waals surface area contributed by atoms with Crippen LogP contribution in [0, 0.1) is 0 Å². The number of nitrogens with zero attached hydrogens (tertiary/aromatic N) is 1. The second-order valence-electron chi connectivity index (χ2n) is 5.81. The number of hydrogen-bond donors (Lipinski definition) is 2. The minimum absolute atomic E-state index is 0.296. The number of benzene rings is 2. The predicted octanol–water partition coefficient (Wildman–Crippen LogP) is 2.96. The normalized spacial score (nSPS) is 12.9. The average Bonchev–Trinajstić information content (AvgIpc) is 2.87. The number of anilines is 2. The highest BCUT2D eigenvalue weighted by molar-refractivity contribution is 6.22. The van der Waals surface area contributed by atoms with E-state index in [0.29, 0.717) is 42.1 Å². The van der Waals surface area contributed by atoms with E-state index in [1.165, 1.54) is 11.0 Å². The highest BCUT2D eigenvalue weighted by Crippen LogP contribution is 2.26. The molecular formula is C19H19N3O4. The van der Waals surface area contributed by atoms with Gasteiger partial charge in [-0.15, -0.1) is 0 Å². The van der Waals surface area contributed by atoms with Crippen LogP contribution in [0.1, 0.15) is 27.1 Å². The Morgan fingerprint density at radius 1 is 0.962 bits per heavy atom. The first kappa shape index (κ1) is 17.6. The van der Waals surface area contributed by atoms with Gasteiger partial charge < -0.3 is 15.4 Å². The smallest absolute Gasteiger partial charge is 0.323 e. The molecule has 0 spiro atoms. The number of carbonyl (C=O) groups excluding carboxylic acids is 3.